The predicted octanol–water partition coefficient (Wildman–Crippen LogP) is 3.15. The van der Waals surface area contributed by atoms with Crippen molar-refractivity contribution in [3.05, 3.63) is 63.5 Å². The Kier molecular flexibility index (Phi) is 5.68. The maximum absolute atomic E-state index is 12.4. The fraction of sp³-hybridized carbons (Fsp3) is 0.316. The summed E-state index contributed by atoms with van der Waals surface area (Å²) < 4.78 is 0.607. The lowest BCUT2D eigenvalue weighted by atomic mass is 10.1. The van der Waals surface area contributed by atoms with E-state index in [9.17, 15) is 9.59 Å². The fourth-order valence-corrected chi connectivity index (χ4v) is 3.44. The number of H-pyrrole nitrogens is 1. The maximum atomic E-state index is 12.4. The molecule has 0 fully saturated rings. The van der Waals surface area contributed by atoms with Gasteiger partial charge in [0.15, 0.2) is 0 Å². The quantitative estimate of drug-likeness (QED) is 0.700. The van der Waals surface area contributed by atoms with Gasteiger partial charge >= 0.3 is 6.03 Å². The summed E-state index contributed by atoms with van der Waals surface area (Å²) in [6, 6.07) is 11.9. The Balaban J connectivity index is 1.54. The zero-order chi connectivity index (χ0) is 18.5. The van der Waals surface area contributed by atoms with Crippen molar-refractivity contribution in [3.63, 3.8) is 0 Å². The molecule has 1 atom stereocenters. The van der Waals surface area contributed by atoms with E-state index in [0.29, 0.717) is 16.0 Å². The van der Waals surface area contributed by atoms with Crippen molar-refractivity contribution in [1.82, 2.24) is 20.2 Å². The maximum Gasteiger partial charge on any atom is 0.317 e. The van der Waals surface area contributed by atoms with Crippen molar-refractivity contribution in [3.8, 4) is 0 Å². The van der Waals surface area contributed by atoms with E-state index in [1.807, 2.05) is 36.6 Å². The average molecular weight is 370 g/mol. The lowest BCUT2D eigenvalue weighted by molar-refractivity contribution is 0.201. The Hall–Kier alpha value is -2.67. The molecule has 0 bridgehead atoms. The highest BCUT2D eigenvalue weighted by molar-refractivity contribution is 7.17. The van der Waals surface area contributed by atoms with Crippen molar-refractivity contribution >= 4 is 27.6 Å². The summed E-state index contributed by atoms with van der Waals surface area (Å²) >= 11 is 1.36. The van der Waals surface area contributed by atoms with Crippen LogP contribution in [0.2, 0.25) is 0 Å². The van der Waals surface area contributed by atoms with Crippen LogP contribution in [0, 0.1) is 0 Å². The summed E-state index contributed by atoms with van der Waals surface area (Å²) in [6.07, 6.45) is 1.77. The first kappa shape index (κ1) is 18.1. The van der Waals surface area contributed by atoms with Crippen molar-refractivity contribution in [2.45, 2.75) is 32.4 Å². The Morgan fingerprint density at radius 1 is 1.31 bits per heavy atom. The molecular formula is C19H22N4O2S. The van der Waals surface area contributed by atoms with Gasteiger partial charge in [0.1, 0.15) is 10.5 Å². The molecule has 2 aromatic heterocycles. The van der Waals surface area contributed by atoms with Gasteiger partial charge in [-0.2, -0.15) is 0 Å². The summed E-state index contributed by atoms with van der Waals surface area (Å²) in [7, 11) is 1.69. The van der Waals surface area contributed by atoms with E-state index in [1.54, 1.807) is 7.05 Å². The van der Waals surface area contributed by atoms with Gasteiger partial charge < -0.3 is 15.2 Å². The Morgan fingerprint density at radius 2 is 2.08 bits per heavy atom. The number of fused-ring (bicyclic) bond motifs is 1. The highest BCUT2D eigenvalue weighted by Gasteiger charge is 2.14. The van der Waals surface area contributed by atoms with Gasteiger partial charge in [0.2, 0.25) is 0 Å². The lowest BCUT2D eigenvalue weighted by Crippen LogP contribution is -2.42. The molecule has 0 saturated carbocycles. The standard InChI is InChI=1S/C19H22N4O2S/c1-13(8-9-14-6-4-3-5-7-14)20-19(25)23(2)12-16-21-15-10-11-26-17(15)18(24)22-16/h3-7,10-11,13H,8-9,12H2,1-2H3,(H,20,25)(H,21,22,24)/t13-/m0/s1. The van der Waals surface area contributed by atoms with E-state index >= 15 is 0 Å². The number of hydrogen-bond acceptors (Lipinski definition) is 4. The van der Waals surface area contributed by atoms with Crippen molar-refractivity contribution in [2.75, 3.05) is 7.05 Å². The molecule has 2 amide bonds. The molecule has 1 aromatic carbocycles. The third-order valence-electron chi connectivity index (χ3n) is 4.18. The number of aromatic amines is 1. The van der Waals surface area contributed by atoms with E-state index in [-0.39, 0.29) is 24.2 Å². The second-order valence-corrected chi connectivity index (χ2v) is 7.29. The van der Waals surface area contributed by atoms with Crippen LogP contribution in [-0.2, 0) is 13.0 Å². The van der Waals surface area contributed by atoms with Gasteiger partial charge in [-0.1, -0.05) is 30.3 Å². The first-order valence-electron chi connectivity index (χ1n) is 8.55. The number of aryl methyl sites for hydroxylation is 1. The smallest absolute Gasteiger partial charge is 0.317 e. The number of amides is 2. The van der Waals surface area contributed by atoms with Gasteiger partial charge in [-0.3, -0.25) is 4.79 Å². The minimum atomic E-state index is -0.182. The molecule has 0 aliphatic rings. The van der Waals surface area contributed by atoms with Crippen LogP contribution in [-0.4, -0.2) is 34.0 Å². The van der Waals surface area contributed by atoms with E-state index in [0.717, 1.165) is 12.8 Å². The lowest BCUT2D eigenvalue weighted by Gasteiger charge is -2.21. The molecule has 26 heavy (non-hydrogen) atoms. The molecule has 0 spiro atoms. The SMILES string of the molecule is C[C@@H](CCc1ccccc1)NC(=O)N(C)Cc1nc2ccsc2c(=O)[nH]1. The molecule has 6 nitrogen and oxygen atoms in total. The van der Waals surface area contributed by atoms with Gasteiger partial charge in [0, 0.05) is 13.1 Å². The van der Waals surface area contributed by atoms with Gasteiger partial charge in [-0.25, -0.2) is 9.78 Å². The summed E-state index contributed by atoms with van der Waals surface area (Å²) in [5.41, 5.74) is 1.76. The van der Waals surface area contributed by atoms with Crippen molar-refractivity contribution in [1.29, 1.82) is 0 Å². The third-order valence-corrected chi connectivity index (χ3v) is 5.08. The van der Waals surface area contributed by atoms with Crippen molar-refractivity contribution in [2.24, 2.45) is 0 Å². The number of nitrogens with one attached hydrogen (secondary N) is 2. The van der Waals surface area contributed by atoms with Gasteiger partial charge in [-0.05, 0) is 36.8 Å². The third kappa shape index (κ3) is 4.49. The molecule has 0 saturated heterocycles. The number of rotatable bonds is 6. The zero-order valence-corrected chi connectivity index (χ0v) is 15.7. The average Bonchev–Trinajstić information content (AvgIpc) is 3.10. The molecule has 136 valence electrons. The van der Waals surface area contributed by atoms with Gasteiger partial charge in [0.25, 0.3) is 5.56 Å². The largest absolute Gasteiger partial charge is 0.336 e. The van der Waals surface area contributed by atoms with Crippen LogP contribution in [0.15, 0.2) is 46.6 Å². The first-order chi connectivity index (χ1) is 12.5. The minimum Gasteiger partial charge on any atom is -0.336 e. The number of carbonyl (C=O) groups is 1. The molecule has 3 aromatic rings. The molecular weight excluding hydrogens is 348 g/mol. The van der Waals surface area contributed by atoms with E-state index in [1.165, 1.54) is 21.8 Å². The van der Waals surface area contributed by atoms with E-state index in [4.69, 9.17) is 0 Å². The van der Waals surface area contributed by atoms with E-state index < -0.39 is 0 Å². The summed E-state index contributed by atoms with van der Waals surface area (Å²) in [5.74, 6) is 0.482. The Bertz CT molecular complexity index is 935. The molecule has 2 N–H and O–H groups in total. The Morgan fingerprint density at radius 3 is 2.85 bits per heavy atom. The zero-order valence-electron chi connectivity index (χ0n) is 14.9. The molecule has 0 radical (unpaired) electrons. The highest BCUT2D eigenvalue weighted by atomic mass is 32.1. The number of aromatic nitrogens is 2. The van der Waals surface area contributed by atoms with Crippen LogP contribution < -0.4 is 10.9 Å². The van der Waals surface area contributed by atoms with Crippen LogP contribution in [0.25, 0.3) is 10.2 Å². The Labute approximate surface area is 155 Å². The molecule has 0 aliphatic heterocycles. The van der Waals surface area contributed by atoms with Crippen LogP contribution in [0.4, 0.5) is 4.79 Å². The number of hydrogen-bond donors (Lipinski definition) is 2. The second kappa shape index (κ2) is 8.14. The first-order valence-corrected chi connectivity index (χ1v) is 9.43. The monoisotopic (exact) mass is 370 g/mol. The van der Waals surface area contributed by atoms with Crippen LogP contribution in [0.5, 0.6) is 0 Å². The number of benzene rings is 1. The fourth-order valence-electron chi connectivity index (χ4n) is 2.71. The van der Waals surface area contributed by atoms with Crippen LogP contribution in [0.1, 0.15) is 24.7 Å². The molecule has 2 heterocycles. The summed E-state index contributed by atoms with van der Waals surface area (Å²) in [4.78, 5) is 33.0. The number of thiophene rings is 1. The van der Waals surface area contributed by atoms with Crippen LogP contribution >= 0.6 is 11.3 Å². The number of urea groups is 1. The second-order valence-electron chi connectivity index (χ2n) is 6.38. The van der Waals surface area contributed by atoms with E-state index in [2.05, 4.69) is 27.4 Å². The summed E-state index contributed by atoms with van der Waals surface area (Å²) in [6.45, 7) is 2.24. The number of carbonyl (C=O) groups excluding carboxylic acids is 1. The molecule has 0 unspecified atom stereocenters. The molecule has 3 rings (SSSR count). The number of nitrogens with zero attached hydrogens (tertiary/aromatic N) is 2. The van der Waals surface area contributed by atoms with Crippen LogP contribution in [0.3, 0.4) is 0 Å². The highest BCUT2D eigenvalue weighted by Crippen LogP contribution is 2.14. The predicted molar refractivity (Wildman–Crippen MR) is 104 cm³/mol. The molecule has 0 aliphatic carbocycles. The van der Waals surface area contributed by atoms with Gasteiger partial charge in [-0.15, -0.1) is 11.3 Å². The molecule has 7 heteroatoms. The normalized spacial score (nSPS) is 12.1. The van der Waals surface area contributed by atoms with Crippen molar-refractivity contribution < 1.29 is 4.79 Å². The van der Waals surface area contributed by atoms with Gasteiger partial charge in [0.05, 0.1) is 12.1 Å². The summed E-state index contributed by atoms with van der Waals surface area (Å²) in [5, 5.41) is 4.82. The minimum absolute atomic E-state index is 0.0523. The topological polar surface area (TPSA) is 78.1 Å².